The van der Waals surface area contributed by atoms with Crippen molar-refractivity contribution >= 4 is 17.7 Å². The fourth-order valence-corrected chi connectivity index (χ4v) is 5.19. The first kappa shape index (κ1) is 13.9. The first-order chi connectivity index (χ1) is 8.72. The maximum absolute atomic E-state index is 10.4. The maximum Gasteiger partial charge on any atom is 0.303 e. The predicted molar refractivity (Wildman–Crippen MR) is 73.7 cm³/mol. The van der Waals surface area contributed by atoms with Crippen molar-refractivity contribution in [3.8, 4) is 0 Å². The number of rotatable bonds is 7. The van der Waals surface area contributed by atoms with Crippen LogP contribution in [0, 0.1) is 11.8 Å². The van der Waals surface area contributed by atoms with Crippen LogP contribution in [0.25, 0.3) is 0 Å². The lowest BCUT2D eigenvalue weighted by Crippen LogP contribution is -2.29. The van der Waals surface area contributed by atoms with Gasteiger partial charge >= 0.3 is 5.97 Å². The van der Waals surface area contributed by atoms with E-state index < -0.39 is 5.97 Å². The highest BCUT2D eigenvalue weighted by Gasteiger charge is 2.46. The smallest absolute Gasteiger partial charge is 0.303 e. The highest BCUT2D eigenvalue weighted by atomic mass is 32.2. The number of unbranched alkanes of at least 4 members (excludes halogenated alkanes) is 1. The van der Waals surface area contributed by atoms with Gasteiger partial charge in [0.15, 0.2) is 0 Å². The van der Waals surface area contributed by atoms with Crippen molar-refractivity contribution in [2.24, 2.45) is 11.8 Å². The van der Waals surface area contributed by atoms with Gasteiger partial charge in [-0.25, -0.2) is 0 Å². The Kier molecular flexibility index (Phi) is 5.13. The van der Waals surface area contributed by atoms with Crippen molar-refractivity contribution in [3.05, 3.63) is 12.2 Å². The van der Waals surface area contributed by atoms with Crippen LogP contribution in [-0.4, -0.2) is 33.3 Å². The summed E-state index contributed by atoms with van der Waals surface area (Å²) in [5, 5.41) is 19.4. The summed E-state index contributed by atoms with van der Waals surface area (Å²) in [5.41, 5.74) is 0. The van der Waals surface area contributed by atoms with Gasteiger partial charge in [0.1, 0.15) is 0 Å². The van der Waals surface area contributed by atoms with E-state index in [1.807, 2.05) is 0 Å². The Balaban J connectivity index is 1.69. The van der Waals surface area contributed by atoms with E-state index in [1.54, 1.807) is 0 Å². The highest BCUT2D eigenvalue weighted by Crippen LogP contribution is 2.53. The molecule has 2 heterocycles. The van der Waals surface area contributed by atoms with Crippen LogP contribution in [0.1, 0.15) is 38.5 Å². The molecule has 4 heteroatoms. The average molecular weight is 270 g/mol. The van der Waals surface area contributed by atoms with E-state index in [0.717, 1.165) is 24.5 Å². The Morgan fingerprint density at radius 1 is 1.22 bits per heavy atom. The third-order valence-electron chi connectivity index (χ3n) is 4.14. The molecule has 2 bridgehead atoms. The van der Waals surface area contributed by atoms with Crippen LogP contribution in [0.3, 0.4) is 0 Å². The van der Waals surface area contributed by atoms with Crippen molar-refractivity contribution in [3.63, 3.8) is 0 Å². The topological polar surface area (TPSA) is 57.5 Å². The molecule has 4 atom stereocenters. The summed E-state index contributed by atoms with van der Waals surface area (Å²) in [6.07, 6.45) is 9.76. The molecule has 0 amide bonds. The number of aliphatic hydroxyl groups is 1. The van der Waals surface area contributed by atoms with Crippen LogP contribution in [0.2, 0.25) is 0 Å². The number of aliphatic carboxylic acids is 1. The molecule has 102 valence electrons. The van der Waals surface area contributed by atoms with Gasteiger partial charge in [0.2, 0.25) is 0 Å². The maximum atomic E-state index is 10.4. The predicted octanol–water partition coefficient (Wildman–Crippen LogP) is 2.69. The molecule has 2 rings (SSSR count). The van der Waals surface area contributed by atoms with Crippen LogP contribution < -0.4 is 0 Å². The SMILES string of the molecule is O=C(O)CCC/C=C\C[C@@H]1[C@H](CO)[C@@H]2CC[C@H]1S2. The van der Waals surface area contributed by atoms with Gasteiger partial charge in [-0.2, -0.15) is 11.8 Å². The van der Waals surface area contributed by atoms with E-state index in [2.05, 4.69) is 23.9 Å². The molecule has 0 saturated carbocycles. The molecule has 2 aliphatic heterocycles. The van der Waals surface area contributed by atoms with Gasteiger partial charge < -0.3 is 10.2 Å². The van der Waals surface area contributed by atoms with E-state index in [4.69, 9.17) is 5.11 Å². The second kappa shape index (κ2) is 6.62. The van der Waals surface area contributed by atoms with E-state index in [0.29, 0.717) is 23.7 Å². The number of carboxylic acid groups (broad SMARTS) is 1. The van der Waals surface area contributed by atoms with E-state index in [9.17, 15) is 9.90 Å². The van der Waals surface area contributed by atoms with E-state index >= 15 is 0 Å². The van der Waals surface area contributed by atoms with Gasteiger partial charge in [-0.05, 0) is 43.9 Å². The molecule has 3 nitrogen and oxygen atoms in total. The normalized spacial score (nSPS) is 34.5. The molecular weight excluding hydrogens is 248 g/mol. The van der Waals surface area contributed by atoms with Crippen LogP contribution in [0.15, 0.2) is 12.2 Å². The zero-order valence-corrected chi connectivity index (χ0v) is 11.4. The lowest BCUT2D eigenvalue weighted by Gasteiger charge is -2.27. The molecular formula is C14H22O3S. The second-order valence-electron chi connectivity index (χ2n) is 5.29. The molecule has 0 unspecified atom stereocenters. The van der Waals surface area contributed by atoms with Gasteiger partial charge in [0, 0.05) is 23.5 Å². The first-order valence-corrected chi connectivity index (χ1v) is 7.79. The minimum atomic E-state index is -0.715. The molecule has 0 aromatic carbocycles. The van der Waals surface area contributed by atoms with Crippen LogP contribution >= 0.6 is 11.8 Å². The third-order valence-corrected chi connectivity index (χ3v) is 6.01. The number of thioether (sulfide) groups is 1. The molecule has 2 aliphatic rings. The lowest BCUT2D eigenvalue weighted by molar-refractivity contribution is -0.137. The summed E-state index contributed by atoms with van der Waals surface area (Å²) in [5.74, 6) is 0.403. The van der Waals surface area contributed by atoms with Crippen LogP contribution in [0.5, 0.6) is 0 Å². The van der Waals surface area contributed by atoms with Gasteiger partial charge in [-0.15, -0.1) is 0 Å². The minimum Gasteiger partial charge on any atom is -0.481 e. The minimum absolute atomic E-state index is 0.258. The van der Waals surface area contributed by atoms with Gasteiger partial charge in [0.05, 0.1) is 0 Å². The molecule has 18 heavy (non-hydrogen) atoms. The number of carbonyl (C=O) groups is 1. The Morgan fingerprint density at radius 2 is 1.94 bits per heavy atom. The standard InChI is InChI=1S/C14H22O3S/c15-9-11-10(12-7-8-13(11)18-12)5-3-1-2-4-6-14(16)17/h1,3,10-13,15H,2,4-9H2,(H,16,17)/b3-1-/t10-,11+,12-,13+/m1/s1. The summed E-state index contributed by atoms with van der Waals surface area (Å²) in [4.78, 5) is 10.4. The number of aliphatic hydroxyl groups excluding tert-OH is 1. The Morgan fingerprint density at radius 3 is 2.61 bits per heavy atom. The largest absolute Gasteiger partial charge is 0.481 e. The summed E-state index contributed by atoms with van der Waals surface area (Å²) in [7, 11) is 0. The summed E-state index contributed by atoms with van der Waals surface area (Å²) < 4.78 is 0. The lowest BCUT2D eigenvalue weighted by atomic mass is 9.78. The van der Waals surface area contributed by atoms with Crippen molar-refractivity contribution in [1.82, 2.24) is 0 Å². The molecule has 0 aliphatic carbocycles. The van der Waals surface area contributed by atoms with Crippen molar-refractivity contribution in [2.75, 3.05) is 6.61 Å². The molecule has 0 aromatic heterocycles. The molecule has 0 radical (unpaired) electrons. The van der Waals surface area contributed by atoms with Gasteiger partial charge in [-0.3, -0.25) is 4.79 Å². The quantitative estimate of drug-likeness (QED) is 0.551. The molecule has 0 aromatic rings. The fraction of sp³-hybridized carbons (Fsp3) is 0.786. The van der Waals surface area contributed by atoms with Gasteiger partial charge in [-0.1, -0.05) is 12.2 Å². The van der Waals surface area contributed by atoms with Crippen LogP contribution in [-0.2, 0) is 4.79 Å². The van der Waals surface area contributed by atoms with Crippen LogP contribution in [0.4, 0.5) is 0 Å². The third kappa shape index (κ3) is 3.29. The van der Waals surface area contributed by atoms with E-state index in [1.165, 1.54) is 12.8 Å². The number of hydrogen-bond acceptors (Lipinski definition) is 3. The van der Waals surface area contributed by atoms with Crippen molar-refractivity contribution < 1.29 is 15.0 Å². The molecule has 2 saturated heterocycles. The highest BCUT2D eigenvalue weighted by molar-refractivity contribution is 8.01. The zero-order chi connectivity index (χ0) is 13.0. The first-order valence-electron chi connectivity index (χ1n) is 6.85. The molecule has 0 spiro atoms. The number of fused-ring (bicyclic) bond motifs is 2. The van der Waals surface area contributed by atoms with E-state index in [-0.39, 0.29) is 6.42 Å². The zero-order valence-electron chi connectivity index (χ0n) is 10.6. The molecule has 2 fully saturated rings. The summed E-state index contributed by atoms with van der Waals surface area (Å²) in [6.45, 7) is 0.325. The Hall–Kier alpha value is -0.480. The monoisotopic (exact) mass is 270 g/mol. The van der Waals surface area contributed by atoms with Crippen molar-refractivity contribution in [1.29, 1.82) is 0 Å². The van der Waals surface area contributed by atoms with Gasteiger partial charge in [0.25, 0.3) is 0 Å². The number of allylic oxidation sites excluding steroid dienone is 2. The molecule has 2 N–H and O–H groups in total. The average Bonchev–Trinajstić information content (AvgIpc) is 2.93. The summed E-state index contributed by atoms with van der Waals surface area (Å²) in [6, 6.07) is 0. The number of hydrogen-bond donors (Lipinski definition) is 2. The Labute approximate surface area is 113 Å². The summed E-state index contributed by atoms with van der Waals surface area (Å²) >= 11 is 2.07. The van der Waals surface area contributed by atoms with Crippen molar-refractivity contribution in [2.45, 2.75) is 49.0 Å². The Bertz CT molecular complexity index is 316. The number of carboxylic acids is 1. The fourth-order valence-electron chi connectivity index (χ4n) is 3.19. The second-order valence-corrected chi connectivity index (χ2v) is 6.78.